The number of hydrogen-bond acceptors (Lipinski definition) is 3. The summed E-state index contributed by atoms with van der Waals surface area (Å²) in [7, 11) is 5.38. The van der Waals surface area contributed by atoms with Crippen LogP contribution < -0.4 is 10.1 Å². The molecule has 0 aliphatic rings. The Balaban J connectivity index is 0.00000529. The summed E-state index contributed by atoms with van der Waals surface area (Å²) in [6.45, 7) is 6.16. The number of aliphatic imine (C=N–C) groups is 1. The topological polar surface area (TPSA) is 57.2 Å². The fourth-order valence-corrected chi connectivity index (χ4v) is 1.79. The summed E-state index contributed by atoms with van der Waals surface area (Å²) in [4.78, 5) is 19.5. The van der Waals surface area contributed by atoms with Crippen molar-refractivity contribution < 1.29 is 9.53 Å². The van der Waals surface area contributed by atoms with Crippen LogP contribution >= 0.6 is 24.0 Å². The smallest absolute Gasteiger partial charge is 0.243 e. The molecule has 0 aliphatic heterocycles. The van der Waals surface area contributed by atoms with E-state index in [1.807, 2.05) is 50.1 Å². The molecule has 24 heavy (non-hydrogen) atoms. The third-order valence-corrected chi connectivity index (χ3v) is 3.28. The van der Waals surface area contributed by atoms with Crippen LogP contribution in [0.3, 0.4) is 0 Å². The van der Waals surface area contributed by atoms with Gasteiger partial charge in [-0.2, -0.15) is 0 Å². The highest BCUT2D eigenvalue weighted by Gasteiger charge is 2.08. The van der Waals surface area contributed by atoms with Crippen molar-refractivity contribution >= 4 is 35.8 Å². The number of likely N-dealkylation sites (N-methyl/N-ethyl adjacent to an activating group) is 2. The highest BCUT2D eigenvalue weighted by atomic mass is 127. The Bertz CT molecular complexity index is 518. The second kappa shape index (κ2) is 11.9. The molecule has 0 saturated heterocycles. The number of amides is 1. The number of benzene rings is 1. The number of carbonyl (C=O) groups excluding carboxylic acids is 1. The van der Waals surface area contributed by atoms with Gasteiger partial charge < -0.3 is 19.9 Å². The zero-order chi connectivity index (χ0) is 17.2. The maximum atomic E-state index is 11.6. The molecule has 1 aromatic carbocycles. The molecule has 0 bridgehead atoms. The lowest BCUT2D eigenvalue weighted by molar-refractivity contribution is -0.127. The van der Waals surface area contributed by atoms with Gasteiger partial charge in [-0.05, 0) is 26.0 Å². The predicted octanol–water partition coefficient (Wildman–Crippen LogP) is 1.98. The van der Waals surface area contributed by atoms with Crippen molar-refractivity contribution in [2.24, 2.45) is 4.99 Å². The fraction of sp³-hybridized carbons (Fsp3) is 0.529. The quantitative estimate of drug-likeness (QED) is 0.394. The molecule has 0 fully saturated rings. The largest absolute Gasteiger partial charge is 0.492 e. The van der Waals surface area contributed by atoms with Crippen LogP contribution in [0, 0.1) is 6.92 Å². The van der Waals surface area contributed by atoms with Crippen LogP contribution in [0.4, 0.5) is 0 Å². The molecular weight excluding hydrogens is 419 g/mol. The molecule has 0 saturated carbocycles. The summed E-state index contributed by atoms with van der Waals surface area (Å²) in [6, 6.07) is 7.98. The van der Waals surface area contributed by atoms with E-state index in [9.17, 15) is 4.79 Å². The van der Waals surface area contributed by atoms with Gasteiger partial charge in [-0.15, -0.1) is 24.0 Å². The van der Waals surface area contributed by atoms with Crippen LogP contribution in [0.5, 0.6) is 5.75 Å². The van der Waals surface area contributed by atoms with Crippen molar-refractivity contribution in [3.8, 4) is 5.75 Å². The molecule has 0 heterocycles. The van der Waals surface area contributed by atoms with Crippen LogP contribution in [0.1, 0.15) is 12.5 Å². The minimum absolute atomic E-state index is 0. The molecule has 7 heteroatoms. The van der Waals surface area contributed by atoms with E-state index in [4.69, 9.17) is 4.74 Å². The van der Waals surface area contributed by atoms with E-state index in [0.717, 1.165) is 12.3 Å². The molecular formula is C17H29IN4O2. The number of hydrogen-bond donors (Lipinski definition) is 1. The minimum atomic E-state index is -0.0234. The first kappa shape index (κ1) is 22.5. The Hall–Kier alpha value is -1.51. The number of aryl methyl sites for hydroxylation is 1. The van der Waals surface area contributed by atoms with Gasteiger partial charge in [-0.25, -0.2) is 4.99 Å². The molecule has 1 rings (SSSR count). The van der Waals surface area contributed by atoms with E-state index in [0.29, 0.717) is 19.1 Å². The summed E-state index contributed by atoms with van der Waals surface area (Å²) >= 11 is 0. The minimum Gasteiger partial charge on any atom is -0.492 e. The Kier molecular flexibility index (Phi) is 11.2. The van der Waals surface area contributed by atoms with Gasteiger partial charge in [0, 0.05) is 27.7 Å². The van der Waals surface area contributed by atoms with E-state index in [1.54, 1.807) is 14.1 Å². The van der Waals surface area contributed by atoms with Crippen molar-refractivity contribution in [2.45, 2.75) is 13.8 Å². The first-order valence-corrected chi connectivity index (χ1v) is 7.83. The van der Waals surface area contributed by atoms with Gasteiger partial charge in [-0.1, -0.05) is 17.7 Å². The fourth-order valence-electron chi connectivity index (χ4n) is 1.79. The van der Waals surface area contributed by atoms with E-state index in [1.165, 1.54) is 10.5 Å². The summed E-state index contributed by atoms with van der Waals surface area (Å²) < 4.78 is 5.72. The van der Waals surface area contributed by atoms with Crippen molar-refractivity contribution in [3.05, 3.63) is 29.8 Å². The van der Waals surface area contributed by atoms with E-state index >= 15 is 0 Å². The van der Waals surface area contributed by atoms with Crippen molar-refractivity contribution in [1.29, 1.82) is 0 Å². The second-order valence-electron chi connectivity index (χ2n) is 5.54. The lowest BCUT2D eigenvalue weighted by Crippen LogP contribution is -2.41. The number of carbonyl (C=O) groups is 1. The Labute approximate surface area is 162 Å². The van der Waals surface area contributed by atoms with Crippen molar-refractivity contribution in [2.75, 3.05) is 47.4 Å². The summed E-state index contributed by atoms with van der Waals surface area (Å²) in [5.74, 6) is 1.54. The third-order valence-electron chi connectivity index (χ3n) is 3.28. The Morgan fingerprint density at radius 3 is 2.38 bits per heavy atom. The average Bonchev–Trinajstić information content (AvgIpc) is 2.52. The molecule has 136 valence electrons. The maximum Gasteiger partial charge on any atom is 0.243 e. The Morgan fingerprint density at radius 2 is 1.83 bits per heavy atom. The first-order chi connectivity index (χ1) is 10.9. The molecule has 1 amide bonds. The number of rotatable bonds is 7. The van der Waals surface area contributed by atoms with Crippen LogP contribution in [-0.4, -0.2) is 69.1 Å². The van der Waals surface area contributed by atoms with Gasteiger partial charge in [0.05, 0.1) is 6.54 Å². The predicted molar refractivity (Wildman–Crippen MR) is 109 cm³/mol. The molecule has 0 radical (unpaired) electrons. The zero-order valence-electron chi connectivity index (χ0n) is 15.2. The standard InChI is InChI=1S/C17H28N4O2.HI/c1-6-18-17(19-13-16(22)20(3)4)21(5)11-12-23-15-9-7-14(2)8-10-15;/h7-10H,6,11-13H2,1-5H3,(H,18,19);1H. The van der Waals surface area contributed by atoms with Gasteiger partial charge in [0.1, 0.15) is 18.9 Å². The average molecular weight is 448 g/mol. The zero-order valence-corrected chi connectivity index (χ0v) is 17.5. The lowest BCUT2D eigenvalue weighted by Gasteiger charge is -2.22. The SMILES string of the molecule is CCNC(=NCC(=O)N(C)C)N(C)CCOc1ccc(C)cc1.I. The molecule has 0 aromatic heterocycles. The van der Waals surface area contributed by atoms with Gasteiger partial charge in [0.25, 0.3) is 0 Å². The van der Waals surface area contributed by atoms with Crippen LogP contribution in [0.15, 0.2) is 29.3 Å². The Morgan fingerprint density at radius 1 is 1.21 bits per heavy atom. The molecule has 0 atom stereocenters. The van der Waals surface area contributed by atoms with E-state index in [2.05, 4.69) is 10.3 Å². The highest BCUT2D eigenvalue weighted by molar-refractivity contribution is 14.0. The number of guanidine groups is 1. The summed E-state index contributed by atoms with van der Waals surface area (Å²) in [5.41, 5.74) is 1.21. The van der Waals surface area contributed by atoms with Gasteiger partial charge >= 0.3 is 0 Å². The molecule has 1 N–H and O–H groups in total. The van der Waals surface area contributed by atoms with Crippen LogP contribution in [-0.2, 0) is 4.79 Å². The number of nitrogens with zero attached hydrogens (tertiary/aromatic N) is 3. The van der Waals surface area contributed by atoms with Crippen molar-refractivity contribution in [3.63, 3.8) is 0 Å². The second-order valence-corrected chi connectivity index (χ2v) is 5.54. The number of ether oxygens (including phenoxy) is 1. The first-order valence-electron chi connectivity index (χ1n) is 7.83. The monoisotopic (exact) mass is 448 g/mol. The summed E-state index contributed by atoms with van der Waals surface area (Å²) in [5, 5.41) is 3.18. The lowest BCUT2D eigenvalue weighted by atomic mass is 10.2. The van der Waals surface area contributed by atoms with E-state index < -0.39 is 0 Å². The van der Waals surface area contributed by atoms with Crippen molar-refractivity contribution in [1.82, 2.24) is 15.1 Å². The number of halogens is 1. The van der Waals surface area contributed by atoms with Gasteiger partial charge in [-0.3, -0.25) is 4.79 Å². The van der Waals surface area contributed by atoms with Gasteiger partial charge in [0.2, 0.25) is 5.91 Å². The summed E-state index contributed by atoms with van der Waals surface area (Å²) in [6.07, 6.45) is 0. The third kappa shape index (κ3) is 8.37. The molecule has 1 aromatic rings. The molecule has 0 spiro atoms. The molecule has 0 unspecified atom stereocenters. The molecule has 0 aliphatic carbocycles. The van der Waals surface area contributed by atoms with Gasteiger partial charge in [0.15, 0.2) is 5.96 Å². The van der Waals surface area contributed by atoms with E-state index in [-0.39, 0.29) is 36.4 Å². The maximum absolute atomic E-state index is 11.6. The highest BCUT2D eigenvalue weighted by Crippen LogP contribution is 2.11. The molecule has 6 nitrogen and oxygen atoms in total. The van der Waals surface area contributed by atoms with Crippen LogP contribution in [0.25, 0.3) is 0 Å². The van der Waals surface area contributed by atoms with Crippen LogP contribution in [0.2, 0.25) is 0 Å². The number of nitrogens with one attached hydrogen (secondary N) is 1. The normalized spacial score (nSPS) is 10.6.